The lowest BCUT2D eigenvalue weighted by Crippen LogP contribution is -2.33. The minimum atomic E-state index is -1.18. The molecule has 0 aliphatic heterocycles. The molecule has 0 saturated carbocycles. The fourth-order valence-corrected chi connectivity index (χ4v) is 0.136. The molecule has 2 unspecified atom stereocenters. The number of rotatable bonds is 4. The van der Waals surface area contributed by atoms with E-state index in [2.05, 4.69) is 0 Å². The van der Waals surface area contributed by atoms with E-state index in [1.807, 2.05) is 0 Å². The third kappa shape index (κ3) is 14.2. The summed E-state index contributed by atoms with van der Waals surface area (Å²) in [6.45, 7) is -1.23. The standard InChI is InChI=1S/C3H7NO3.C3H8O3.H3P/c4-2(1-5)3(6)7;4-1-3(6)2-5;/h2,5H,1,4H2,(H,6,7);3-6H,1-2H2;1H3. The third-order valence-electron chi connectivity index (χ3n) is 0.935. The monoisotopic (exact) mass is 231 g/mol. The molecule has 0 saturated heterocycles. The van der Waals surface area contributed by atoms with Gasteiger partial charge in [-0.2, -0.15) is 9.90 Å². The van der Waals surface area contributed by atoms with Crippen LogP contribution < -0.4 is 5.73 Å². The molecule has 0 aromatic rings. The molecule has 0 aromatic heterocycles. The number of nitrogens with two attached hydrogens (primary N) is 1. The molecule has 0 bridgehead atoms. The Morgan fingerprint density at radius 2 is 1.50 bits per heavy atom. The summed E-state index contributed by atoms with van der Waals surface area (Å²) in [5.41, 5.74) is 4.77. The molecule has 0 fully saturated rings. The molecule has 0 aliphatic rings. The largest absolute Gasteiger partial charge is 0.480 e. The number of aliphatic hydroxyl groups excluding tert-OH is 4. The van der Waals surface area contributed by atoms with Gasteiger partial charge < -0.3 is 31.3 Å². The van der Waals surface area contributed by atoms with Crippen molar-refractivity contribution in [3.8, 4) is 0 Å². The Hall–Kier alpha value is -0.300. The van der Waals surface area contributed by atoms with E-state index in [1.165, 1.54) is 0 Å². The Labute approximate surface area is 84.8 Å². The van der Waals surface area contributed by atoms with Crippen LogP contribution in [0.1, 0.15) is 0 Å². The lowest BCUT2D eigenvalue weighted by Gasteiger charge is -1.96. The van der Waals surface area contributed by atoms with Gasteiger partial charge in [-0.25, -0.2) is 0 Å². The Morgan fingerprint density at radius 1 is 1.14 bits per heavy atom. The highest BCUT2D eigenvalue weighted by Crippen LogP contribution is 1.72. The number of hydrogen-bond acceptors (Lipinski definition) is 6. The maximum absolute atomic E-state index is 9.65. The first-order valence-electron chi connectivity index (χ1n) is 3.48. The third-order valence-corrected chi connectivity index (χ3v) is 0.935. The number of carboxylic acids is 1. The average molecular weight is 231 g/mol. The van der Waals surface area contributed by atoms with Gasteiger partial charge in [0.05, 0.1) is 19.8 Å². The number of hydrogen-bond donors (Lipinski definition) is 6. The minimum Gasteiger partial charge on any atom is -0.480 e. The predicted octanol–water partition coefficient (Wildman–Crippen LogP) is -3.22. The fourth-order valence-electron chi connectivity index (χ4n) is 0.136. The molecule has 0 aliphatic carbocycles. The smallest absolute Gasteiger partial charge is 0.322 e. The number of aliphatic carboxylic acids is 1. The SMILES string of the molecule is NC(CO)C(=O)O.OCC(O)CO.P. The molecule has 8 heteroatoms. The summed E-state index contributed by atoms with van der Waals surface area (Å²) in [5.74, 6) is -1.18. The lowest BCUT2D eigenvalue weighted by atomic mass is 10.3. The summed E-state index contributed by atoms with van der Waals surface area (Å²) >= 11 is 0. The van der Waals surface area contributed by atoms with Gasteiger partial charge in [-0.15, -0.1) is 0 Å². The van der Waals surface area contributed by atoms with Crippen molar-refractivity contribution in [2.75, 3.05) is 19.8 Å². The molecule has 0 rings (SSSR count). The summed E-state index contributed by atoms with van der Waals surface area (Å²) in [6, 6.07) is -1.13. The average Bonchev–Trinajstić information content (AvgIpc) is 2.16. The second-order valence-corrected chi connectivity index (χ2v) is 2.15. The van der Waals surface area contributed by atoms with E-state index >= 15 is 0 Å². The van der Waals surface area contributed by atoms with Crippen molar-refractivity contribution in [1.29, 1.82) is 0 Å². The van der Waals surface area contributed by atoms with Crippen molar-refractivity contribution in [1.82, 2.24) is 0 Å². The van der Waals surface area contributed by atoms with Crippen LogP contribution in [0.4, 0.5) is 0 Å². The maximum atomic E-state index is 9.65. The van der Waals surface area contributed by atoms with Crippen molar-refractivity contribution >= 4 is 15.9 Å². The zero-order chi connectivity index (χ0) is 10.9. The van der Waals surface area contributed by atoms with E-state index in [0.717, 1.165) is 0 Å². The Kier molecular flexibility index (Phi) is 17.5. The summed E-state index contributed by atoms with van der Waals surface area (Å²) in [4.78, 5) is 9.65. The fraction of sp³-hybridized carbons (Fsp3) is 0.833. The zero-order valence-electron chi connectivity index (χ0n) is 7.70. The summed E-state index contributed by atoms with van der Waals surface area (Å²) in [7, 11) is 0. The van der Waals surface area contributed by atoms with Crippen LogP contribution in [0.3, 0.4) is 0 Å². The molecule has 88 valence electrons. The molecule has 7 nitrogen and oxygen atoms in total. The molecule has 14 heavy (non-hydrogen) atoms. The Morgan fingerprint density at radius 3 is 1.50 bits per heavy atom. The molecule has 0 heterocycles. The first kappa shape index (κ1) is 19.3. The van der Waals surface area contributed by atoms with Crippen molar-refractivity contribution in [3.63, 3.8) is 0 Å². The van der Waals surface area contributed by atoms with E-state index in [4.69, 9.17) is 31.3 Å². The summed E-state index contributed by atoms with van der Waals surface area (Å²) < 4.78 is 0. The highest BCUT2D eigenvalue weighted by atomic mass is 31.0. The Balaban J connectivity index is -0.000000163. The van der Waals surface area contributed by atoms with Gasteiger partial charge >= 0.3 is 5.97 Å². The van der Waals surface area contributed by atoms with E-state index in [9.17, 15) is 4.79 Å². The number of aliphatic hydroxyl groups is 4. The highest BCUT2D eigenvalue weighted by Gasteiger charge is 2.06. The highest BCUT2D eigenvalue weighted by molar-refractivity contribution is 6.92. The first-order chi connectivity index (χ1) is 5.99. The van der Waals surface area contributed by atoms with Gasteiger partial charge in [-0.05, 0) is 0 Å². The van der Waals surface area contributed by atoms with E-state index in [-0.39, 0.29) is 23.1 Å². The van der Waals surface area contributed by atoms with E-state index < -0.39 is 24.7 Å². The predicted molar refractivity (Wildman–Crippen MR) is 54.0 cm³/mol. The molecular weight excluding hydrogens is 213 g/mol. The second kappa shape index (κ2) is 12.7. The zero-order valence-corrected chi connectivity index (χ0v) is 9.12. The normalized spacial score (nSPS) is 11.0. The van der Waals surface area contributed by atoms with Crippen LogP contribution in [0.2, 0.25) is 0 Å². The molecule has 0 amide bonds. The van der Waals surface area contributed by atoms with Gasteiger partial charge in [0.2, 0.25) is 0 Å². The van der Waals surface area contributed by atoms with Crippen molar-refractivity contribution in [3.05, 3.63) is 0 Å². The summed E-state index contributed by atoms with van der Waals surface area (Å²) in [5, 5.41) is 39.9. The molecule has 2 atom stereocenters. The molecule has 7 N–H and O–H groups in total. The van der Waals surface area contributed by atoms with Crippen LogP contribution in [0.5, 0.6) is 0 Å². The topological polar surface area (TPSA) is 144 Å². The van der Waals surface area contributed by atoms with Crippen LogP contribution in [-0.4, -0.2) is 63.5 Å². The quantitative estimate of drug-likeness (QED) is 0.279. The van der Waals surface area contributed by atoms with Crippen LogP contribution in [0.25, 0.3) is 0 Å². The van der Waals surface area contributed by atoms with Gasteiger partial charge in [0, 0.05) is 0 Å². The molecule has 0 spiro atoms. The van der Waals surface area contributed by atoms with Gasteiger partial charge in [-0.3, -0.25) is 4.79 Å². The van der Waals surface area contributed by atoms with E-state index in [0.29, 0.717) is 0 Å². The number of carbonyl (C=O) groups is 1. The van der Waals surface area contributed by atoms with Crippen molar-refractivity contribution < 1.29 is 30.3 Å². The lowest BCUT2D eigenvalue weighted by molar-refractivity contribution is -0.139. The van der Waals surface area contributed by atoms with Crippen molar-refractivity contribution in [2.45, 2.75) is 12.1 Å². The van der Waals surface area contributed by atoms with Gasteiger partial charge in [0.1, 0.15) is 12.1 Å². The van der Waals surface area contributed by atoms with Gasteiger partial charge in [-0.1, -0.05) is 0 Å². The molecule has 0 aromatic carbocycles. The summed E-state index contributed by atoms with van der Waals surface area (Å²) in [6.07, 6.45) is -0.954. The Bertz CT molecular complexity index is 131. The first-order valence-corrected chi connectivity index (χ1v) is 3.48. The van der Waals surface area contributed by atoms with Crippen LogP contribution in [-0.2, 0) is 4.79 Å². The van der Waals surface area contributed by atoms with Crippen LogP contribution in [0, 0.1) is 0 Å². The van der Waals surface area contributed by atoms with E-state index in [1.54, 1.807) is 0 Å². The minimum absolute atomic E-state index is 0. The van der Waals surface area contributed by atoms with Crippen LogP contribution >= 0.6 is 9.90 Å². The van der Waals surface area contributed by atoms with Gasteiger partial charge in [0.15, 0.2) is 0 Å². The van der Waals surface area contributed by atoms with Gasteiger partial charge in [0.25, 0.3) is 0 Å². The van der Waals surface area contributed by atoms with Crippen LogP contribution in [0.15, 0.2) is 0 Å². The molecular formula is C6H18NO6P. The maximum Gasteiger partial charge on any atom is 0.322 e. The van der Waals surface area contributed by atoms with Crippen molar-refractivity contribution in [2.24, 2.45) is 5.73 Å². The second-order valence-electron chi connectivity index (χ2n) is 2.15. The number of carboxylic acid groups (broad SMARTS) is 1. The molecule has 0 radical (unpaired) electrons.